The zero-order chi connectivity index (χ0) is 25.8. The molecular weight excluding hydrogens is 512 g/mol. The molecule has 3 rings (SSSR count). The summed E-state index contributed by atoms with van der Waals surface area (Å²) in [7, 11) is -3.66. The summed E-state index contributed by atoms with van der Waals surface area (Å²) < 4.78 is 83.0. The highest BCUT2D eigenvalue weighted by molar-refractivity contribution is 7.92. The number of benzene rings is 3. The predicted molar refractivity (Wildman–Crippen MR) is 124 cm³/mol. The summed E-state index contributed by atoms with van der Waals surface area (Å²) in [6, 6.07) is 14.7. The SMILES string of the molecule is CS(=O)(=O)N(Cc1ccccc1Cl)c1ccc(OCC(=O)Nc2ccc(F)c(C(F)(F)F)c2)cc1. The van der Waals surface area contributed by atoms with Gasteiger partial charge in [0.25, 0.3) is 5.91 Å². The van der Waals surface area contributed by atoms with E-state index in [4.69, 9.17) is 16.3 Å². The molecule has 0 unspecified atom stereocenters. The summed E-state index contributed by atoms with van der Waals surface area (Å²) >= 11 is 6.14. The fourth-order valence-electron chi connectivity index (χ4n) is 3.06. The van der Waals surface area contributed by atoms with Crippen LogP contribution in [0.25, 0.3) is 0 Å². The van der Waals surface area contributed by atoms with E-state index < -0.39 is 40.1 Å². The Bertz CT molecular complexity index is 1320. The Balaban J connectivity index is 1.65. The van der Waals surface area contributed by atoms with E-state index in [0.29, 0.717) is 28.4 Å². The molecule has 1 N–H and O–H groups in total. The van der Waals surface area contributed by atoms with Crippen LogP contribution in [0.3, 0.4) is 0 Å². The zero-order valence-corrected chi connectivity index (χ0v) is 19.7. The standard InChI is InChI=1S/C23H19ClF4N2O4S/c1-35(32,33)30(13-15-4-2-3-5-20(15)24)17-7-9-18(10-8-17)34-14-22(31)29-16-6-11-21(25)19(12-16)23(26,27)28/h2-12H,13-14H2,1H3,(H,29,31). The van der Waals surface area contributed by atoms with Crippen molar-refractivity contribution in [3.63, 3.8) is 0 Å². The third kappa shape index (κ3) is 7.09. The second-order valence-electron chi connectivity index (χ2n) is 7.38. The Morgan fingerprint density at radius 2 is 1.71 bits per heavy atom. The average molecular weight is 531 g/mol. The van der Waals surface area contributed by atoms with E-state index in [0.717, 1.165) is 16.6 Å². The molecule has 0 aliphatic rings. The number of anilines is 2. The zero-order valence-electron chi connectivity index (χ0n) is 18.1. The van der Waals surface area contributed by atoms with Gasteiger partial charge in [0.15, 0.2) is 6.61 Å². The van der Waals surface area contributed by atoms with E-state index >= 15 is 0 Å². The minimum absolute atomic E-state index is 0.00129. The van der Waals surface area contributed by atoms with Crippen molar-refractivity contribution in [3.05, 3.63) is 88.7 Å². The molecule has 6 nitrogen and oxygen atoms in total. The van der Waals surface area contributed by atoms with Gasteiger partial charge in [0.1, 0.15) is 11.6 Å². The van der Waals surface area contributed by atoms with Crippen LogP contribution >= 0.6 is 11.6 Å². The molecule has 1 amide bonds. The van der Waals surface area contributed by atoms with Crippen LogP contribution in [0, 0.1) is 5.82 Å². The summed E-state index contributed by atoms with van der Waals surface area (Å²) in [6.07, 6.45) is -3.85. The number of rotatable bonds is 8. The third-order valence-corrected chi connectivity index (χ3v) is 6.23. The Kier molecular flexibility index (Phi) is 7.91. The van der Waals surface area contributed by atoms with Gasteiger partial charge < -0.3 is 10.1 Å². The average Bonchev–Trinajstić information content (AvgIpc) is 2.77. The first-order chi connectivity index (χ1) is 16.3. The van der Waals surface area contributed by atoms with Crippen LogP contribution in [0.15, 0.2) is 66.7 Å². The van der Waals surface area contributed by atoms with Gasteiger partial charge in [-0.25, -0.2) is 12.8 Å². The maximum atomic E-state index is 13.4. The highest BCUT2D eigenvalue weighted by atomic mass is 35.5. The third-order valence-electron chi connectivity index (χ3n) is 4.72. The first kappa shape index (κ1) is 26.3. The number of alkyl halides is 3. The minimum Gasteiger partial charge on any atom is -0.484 e. The van der Waals surface area contributed by atoms with Gasteiger partial charge in [0, 0.05) is 10.7 Å². The van der Waals surface area contributed by atoms with Crippen LogP contribution in [0.2, 0.25) is 5.02 Å². The molecule has 0 radical (unpaired) electrons. The number of sulfonamides is 1. The molecule has 0 heterocycles. The molecule has 0 atom stereocenters. The van der Waals surface area contributed by atoms with Crippen LogP contribution in [-0.4, -0.2) is 27.2 Å². The number of amides is 1. The summed E-state index contributed by atoms with van der Waals surface area (Å²) in [6.45, 7) is -0.549. The second kappa shape index (κ2) is 10.5. The van der Waals surface area contributed by atoms with Crippen molar-refractivity contribution in [1.82, 2.24) is 0 Å². The number of carbonyl (C=O) groups is 1. The molecule has 0 aliphatic heterocycles. The number of ether oxygens (including phenoxy) is 1. The van der Waals surface area contributed by atoms with E-state index in [1.165, 1.54) is 24.3 Å². The number of carbonyl (C=O) groups excluding carboxylic acids is 1. The van der Waals surface area contributed by atoms with Crippen molar-refractivity contribution in [2.24, 2.45) is 0 Å². The first-order valence-electron chi connectivity index (χ1n) is 9.95. The van der Waals surface area contributed by atoms with Gasteiger partial charge in [0.2, 0.25) is 10.0 Å². The number of nitrogens with one attached hydrogen (secondary N) is 1. The van der Waals surface area contributed by atoms with Crippen LogP contribution < -0.4 is 14.4 Å². The molecule has 0 bridgehead atoms. The molecule has 0 fully saturated rings. The lowest BCUT2D eigenvalue weighted by atomic mass is 10.2. The fourth-order valence-corrected chi connectivity index (χ4v) is 4.13. The summed E-state index contributed by atoms with van der Waals surface area (Å²) in [5.74, 6) is -2.01. The predicted octanol–water partition coefficient (Wildman–Crippen LogP) is 5.48. The molecule has 3 aromatic carbocycles. The maximum absolute atomic E-state index is 13.4. The molecule has 186 valence electrons. The van der Waals surface area contributed by atoms with E-state index in [2.05, 4.69) is 5.32 Å². The first-order valence-corrected chi connectivity index (χ1v) is 12.2. The summed E-state index contributed by atoms with van der Waals surface area (Å²) in [4.78, 5) is 12.1. The smallest absolute Gasteiger partial charge is 0.419 e. The molecule has 0 spiro atoms. The Morgan fingerprint density at radius 1 is 1.06 bits per heavy atom. The molecular formula is C23H19ClF4N2O4S. The Hall–Kier alpha value is -3.31. The quantitative estimate of drug-likeness (QED) is 0.391. The maximum Gasteiger partial charge on any atom is 0.419 e. The number of hydrogen-bond acceptors (Lipinski definition) is 4. The highest BCUT2D eigenvalue weighted by Gasteiger charge is 2.34. The lowest BCUT2D eigenvalue weighted by molar-refractivity contribution is -0.140. The number of halogens is 5. The van der Waals surface area contributed by atoms with Crippen LogP contribution in [0.4, 0.5) is 28.9 Å². The van der Waals surface area contributed by atoms with Gasteiger partial charge in [-0.1, -0.05) is 29.8 Å². The Labute approximate surface area is 204 Å². The number of hydrogen-bond donors (Lipinski definition) is 1. The second-order valence-corrected chi connectivity index (χ2v) is 9.70. The van der Waals surface area contributed by atoms with Gasteiger partial charge in [-0.2, -0.15) is 13.2 Å². The minimum atomic E-state index is -4.91. The lowest BCUT2D eigenvalue weighted by Crippen LogP contribution is -2.29. The van der Waals surface area contributed by atoms with Crippen molar-refractivity contribution >= 4 is 38.9 Å². The van der Waals surface area contributed by atoms with Crippen LogP contribution in [0.1, 0.15) is 11.1 Å². The van der Waals surface area contributed by atoms with E-state index in [-0.39, 0.29) is 18.0 Å². The van der Waals surface area contributed by atoms with Gasteiger partial charge in [-0.15, -0.1) is 0 Å². The molecule has 0 aliphatic carbocycles. The molecule has 35 heavy (non-hydrogen) atoms. The van der Waals surface area contributed by atoms with Crippen molar-refractivity contribution in [1.29, 1.82) is 0 Å². The normalized spacial score (nSPS) is 11.7. The van der Waals surface area contributed by atoms with E-state index in [1.807, 2.05) is 0 Å². The largest absolute Gasteiger partial charge is 0.484 e. The van der Waals surface area contributed by atoms with Gasteiger partial charge in [-0.3, -0.25) is 9.10 Å². The molecule has 0 aromatic heterocycles. The van der Waals surface area contributed by atoms with E-state index in [9.17, 15) is 30.8 Å². The highest BCUT2D eigenvalue weighted by Crippen LogP contribution is 2.33. The lowest BCUT2D eigenvalue weighted by Gasteiger charge is -2.23. The van der Waals surface area contributed by atoms with Gasteiger partial charge >= 0.3 is 6.18 Å². The van der Waals surface area contributed by atoms with Crippen LogP contribution in [0.5, 0.6) is 5.75 Å². The molecule has 0 saturated heterocycles. The summed E-state index contributed by atoms with van der Waals surface area (Å²) in [5.41, 5.74) is -0.814. The van der Waals surface area contributed by atoms with Crippen molar-refractivity contribution in [2.45, 2.75) is 12.7 Å². The van der Waals surface area contributed by atoms with Crippen molar-refractivity contribution in [2.75, 3.05) is 22.5 Å². The van der Waals surface area contributed by atoms with Crippen LogP contribution in [-0.2, 0) is 27.5 Å². The monoisotopic (exact) mass is 530 g/mol. The topological polar surface area (TPSA) is 75.7 Å². The molecule has 0 saturated carbocycles. The number of nitrogens with zero attached hydrogens (tertiary/aromatic N) is 1. The molecule has 3 aromatic rings. The fraction of sp³-hybridized carbons (Fsp3) is 0.174. The summed E-state index contributed by atoms with van der Waals surface area (Å²) in [5, 5.41) is 2.62. The van der Waals surface area contributed by atoms with Gasteiger partial charge in [0.05, 0.1) is 24.1 Å². The van der Waals surface area contributed by atoms with Crippen molar-refractivity contribution in [3.8, 4) is 5.75 Å². The van der Waals surface area contributed by atoms with Gasteiger partial charge in [-0.05, 0) is 54.1 Å². The van der Waals surface area contributed by atoms with Crippen molar-refractivity contribution < 1.29 is 35.5 Å². The Morgan fingerprint density at radius 3 is 2.31 bits per heavy atom. The van der Waals surface area contributed by atoms with E-state index in [1.54, 1.807) is 24.3 Å². The molecule has 12 heteroatoms.